The number of ether oxygens (including phenoxy) is 3. The first-order chi connectivity index (χ1) is 7.31. The van der Waals surface area contributed by atoms with Gasteiger partial charge >= 0.3 is 0 Å². The normalized spacial score (nSPS) is 35.6. The fourth-order valence-electron chi connectivity index (χ4n) is 1.80. The van der Waals surface area contributed by atoms with Crippen molar-refractivity contribution in [2.24, 2.45) is 5.92 Å². The Morgan fingerprint density at radius 2 is 2.47 bits per heavy atom. The molecule has 0 saturated carbocycles. The molecule has 3 nitrogen and oxygen atoms in total. The van der Waals surface area contributed by atoms with Crippen LogP contribution >= 0.6 is 22.6 Å². The minimum atomic E-state index is -0.138. The van der Waals surface area contributed by atoms with Crippen molar-refractivity contribution in [2.75, 3.05) is 20.3 Å². The Bertz CT molecular complexity index is 273. The maximum atomic E-state index is 5.84. The van der Waals surface area contributed by atoms with Crippen molar-refractivity contribution in [3.8, 4) is 0 Å². The highest BCUT2D eigenvalue weighted by Gasteiger charge is 2.31. The second kappa shape index (κ2) is 5.43. The molecule has 15 heavy (non-hydrogen) atoms. The number of rotatable bonds is 3. The number of hydrogen-bond acceptors (Lipinski definition) is 3. The van der Waals surface area contributed by atoms with Crippen LogP contribution in [0, 0.1) is 5.92 Å². The van der Waals surface area contributed by atoms with E-state index < -0.39 is 0 Å². The van der Waals surface area contributed by atoms with Crippen LogP contribution in [0.3, 0.4) is 0 Å². The molecular weight excluding hydrogens is 307 g/mol. The second-order valence-corrected chi connectivity index (χ2v) is 4.95. The third-order valence-electron chi connectivity index (χ3n) is 2.59. The van der Waals surface area contributed by atoms with Crippen LogP contribution in [0.2, 0.25) is 0 Å². The average molecular weight is 322 g/mol. The predicted octanol–water partition coefficient (Wildman–Crippen LogP) is 2.27. The second-order valence-electron chi connectivity index (χ2n) is 3.70. The minimum Gasteiger partial charge on any atom is -0.382 e. The van der Waals surface area contributed by atoms with Crippen LogP contribution in [0.15, 0.2) is 21.8 Å². The molecule has 1 aliphatic carbocycles. The average Bonchev–Trinajstić information content (AvgIpc) is 2.65. The molecule has 3 atom stereocenters. The van der Waals surface area contributed by atoms with Crippen molar-refractivity contribution in [3.63, 3.8) is 0 Å². The Labute approximate surface area is 104 Å². The van der Waals surface area contributed by atoms with Crippen molar-refractivity contribution in [1.29, 1.82) is 0 Å². The number of hydrogen-bond donors (Lipinski definition) is 0. The summed E-state index contributed by atoms with van der Waals surface area (Å²) in [6.07, 6.45) is 7.23. The molecule has 0 spiro atoms. The molecule has 0 bridgehead atoms. The molecule has 1 unspecified atom stereocenters. The van der Waals surface area contributed by atoms with Crippen molar-refractivity contribution in [1.82, 2.24) is 0 Å². The monoisotopic (exact) mass is 322 g/mol. The predicted molar refractivity (Wildman–Crippen MR) is 65.8 cm³/mol. The largest absolute Gasteiger partial charge is 0.382 e. The van der Waals surface area contributed by atoms with Gasteiger partial charge in [0.15, 0.2) is 6.29 Å². The summed E-state index contributed by atoms with van der Waals surface area (Å²) in [7, 11) is 1.70. The summed E-state index contributed by atoms with van der Waals surface area (Å²) >= 11 is 2.33. The topological polar surface area (TPSA) is 27.7 Å². The van der Waals surface area contributed by atoms with Crippen LogP contribution in [0.5, 0.6) is 0 Å². The highest BCUT2D eigenvalue weighted by Crippen LogP contribution is 2.32. The molecule has 0 amide bonds. The van der Waals surface area contributed by atoms with Gasteiger partial charge in [0.2, 0.25) is 0 Å². The summed E-state index contributed by atoms with van der Waals surface area (Å²) in [5.41, 5.74) is 0. The van der Waals surface area contributed by atoms with Gasteiger partial charge < -0.3 is 14.2 Å². The number of allylic oxidation sites excluding steroid dienone is 2. The molecule has 1 aliphatic heterocycles. The standard InChI is InChI=1S/C11H15IO3/c1-13-7-8-5-6-14-11(15-8)9-3-2-4-10(9)12/h2-4,8-9,11H,5-7H2,1H3/t8-,9?,11-/m0/s1. The molecule has 1 heterocycles. The van der Waals surface area contributed by atoms with Gasteiger partial charge in [-0.05, 0) is 29.0 Å². The van der Waals surface area contributed by atoms with Gasteiger partial charge in [-0.25, -0.2) is 0 Å². The van der Waals surface area contributed by atoms with Gasteiger partial charge in [-0.2, -0.15) is 0 Å². The third kappa shape index (κ3) is 2.81. The lowest BCUT2D eigenvalue weighted by atomic mass is 10.1. The van der Waals surface area contributed by atoms with Gasteiger partial charge in [0.1, 0.15) is 0 Å². The maximum Gasteiger partial charge on any atom is 0.168 e. The Kier molecular flexibility index (Phi) is 4.19. The van der Waals surface area contributed by atoms with E-state index in [0.717, 1.165) is 13.0 Å². The fraction of sp³-hybridized carbons (Fsp3) is 0.636. The van der Waals surface area contributed by atoms with Gasteiger partial charge in [0.25, 0.3) is 0 Å². The first-order valence-electron chi connectivity index (χ1n) is 5.11. The van der Waals surface area contributed by atoms with Crippen LogP contribution in [0.1, 0.15) is 6.42 Å². The van der Waals surface area contributed by atoms with Gasteiger partial charge in [-0.1, -0.05) is 18.2 Å². The van der Waals surface area contributed by atoms with E-state index in [1.807, 2.05) is 0 Å². The van der Waals surface area contributed by atoms with Gasteiger partial charge in [-0.3, -0.25) is 0 Å². The quantitative estimate of drug-likeness (QED) is 0.746. The zero-order chi connectivity index (χ0) is 10.7. The molecule has 1 fully saturated rings. The Morgan fingerprint density at radius 1 is 1.60 bits per heavy atom. The summed E-state index contributed by atoms with van der Waals surface area (Å²) < 4.78 is 17.8. The van der Waals surface area contributed by atoms with E-state index in [0.29, 0.717) is 6.61 Å². The summed E-state index contributed by atoms with van der Waals surface area (Å²) in [5.74, 6) is 0.269. The molecule has 2 aliphatic rings. The van der Waals surface area contributed by atoms with E-state index in [2.05, 4.69) is 40.8 Å². The van der Waals surface area contributed by atoms with E-state index in [-0.39, 0.29) is 18.3 Å². The Balaban J connectivity index is 1.92. The molecule has 0 aromatic heterocycles. The van der Waals surface area contributed by atoms with Gasteiger partial charge in [0.05, 0.1) is 25.2 Å². The van der Waals surface area contributed by atoms with Crippen LogP contribution < -0.4 is 0 Å². The molecular formula is C11H15IO3. The van der Waals surface area contributed by atoms with Crippen molar-refractivity contribution >= 4 is 22.6 Å². The van der Waals surface area contributed by atoms with Gasteiger partial charge in [0, 0.05) is 10.7 Å². The lowest BCUT2D eigenvalue weighted by Gasteiger charge is -2.32. The molecule has 0 aromatic rings. The molecule has 0 N–H and O–H groups in total. The molecule has 0 radical (unpaired) electrons. The summed E-state index contributed by atoms with van der Waals surface area (Å²) in [6.45, 7) is 1.41. The van der Waals surface area contributed by atoms with E-state index in [1.54, 1.807) is 7.11 Å². The first-order valence-corrected chi connectivity index (χ1v) is 6.19. The zero-order valence-corrected chi connectivity index (χ0v) is 10.8. The van der Waals surface area contributed by atoms with E-state index in [1.165, 1.54) is 3.58 Å². The lowest BCUT2D eigenvalue weighted by Crippen LogP contribution is -2.38. The van der Waals surface area contributed by atoms with Crippen molar-refractivity contribution in [2.45, 2.75) is 18.8 Å². The smallest absolute Gasteiger partial charge is 0.168 e. The van der Waals surface area contributed by atoms with E-state index in [9.17, 15) is 0 Å². The van der Waals surface area contributed by atoms with Crippen LogP contribution in [0.4, 0.5) is 0 Å². The lowest BCUT2D eigenvalue weighted by molar-refractivity contribution is -0.230. The molecule has 2 rings (SSSR count). The molecule has 84 valence electrons. The van der Waals surface area contributed by atoms with Crippen LogP contribution in [-0.2, 0) is 14.2 Å². The molecule has 1 saturated heterocycles. The fourth-order valence-corrected chi connectivity index (χ4v) is 2.51. The minimum absolute atomic E-state index is 0.138. The number of halogens is 1. The highest BCUT2D eigenvalue weighted by atomic mass is 127. The SMILES string of the molecule is COC[C@@H]1CCO[C@H](C2C=CC=C2I)O1. The number of methoxy groups -OCH3 is 1. The van der Waals surface area contributed by atoms with Crippen LogP contribution in [0.25, 0.3) is 0 Å². The van der Waals surface area contributed by atoms with Gasteiger partial charge in [-0.15, -0.1) is 0 Å². The van der Waals surface area contributed by atoms with Crippen molar-refractivity contribution in [3.05, 3.63) is 21.8 Å². The third-order valence-corrected chi connectivity index (χ3v) is 3.67. The zero-order valence-electron chi connectivity index (χ0n) is 8.69. The van der Waals surface area contributed by atoms with E-state index >= 15 is 0 Å². The molecule has 0 aromatic carbocycles. The Hall–Kier alpha value is 0.0900. The maximum absolute atomic E-state index is 5.84. The highest BCUT2D eigenvalue weighted by molar-refractivity contribution is 14.1. The van der Waals surface area contributed by atoms with Crippen LogP contribution in [-0.4, -0.2) is 32.7 Å². The van der Waals surface area contributed by atoms with E-state index in [4.69, 9.17) is 14.2 Å². The Morgan fingerprint density at radius 3 is 3.13 bits per heavy atom. The summed E-state index contributed by atoms with van der Waals surface area (Å²) in [4.78, 5) is 0. The first kappa shape index (κ1) is 11.6. The van der Waals surface area contributed by atoms with Crippen molar-refractivity contribution < 1.29 is 14.2 Å². The summed E-state index contributed by atoms with van der Waals surface area (Å²) in [5, 5.41) is 0. The molecule has 4 heteroatoms. The summed E-state index contributed by atoms with van der Waals surface area (Å²) in [6, 6.07) is 0.